The number of carbonyl (C=O) groups excluding carboxylic acids is 1. The molecule has 0 saturated heterocycles. The van der Waals surface area contributed by atoms with Crippen molar-refractivity contribution < 1.29 is 9.72 Å². The molecule has 3 aromatic rings. The second-order valence-electron chi connectivity index (χ2n) is 5.03. The summed E-state index contributed by atoms with van der Waals surface area (Å²) in [5, 5.41) is 21.6. The molecule has 2 heterocycles. The number of nitrogens with zero attached hydrogens (tertiary/aromatic N) is 5. The standard InChI is InChI=1S/C14H11ClN6O3S2/c1-8-17-12(21(23)24)5-20(8)6-13(22)18-9-2-3-11(10(15)4-9)26-14-19-16-7-25-14/h2-5,7H,6H2,1H3,(H,18,22). The van der Waals surface area contributed by atoms with Crippen LogP contribution in [0.1, 0.15) is 5.82 Å². The molecule has 134 valence electrons. The van der Waals surface area contributed by atoms with E-state index < -0.39 is 4.92 Å². The average molecular weight is 411 g/mol. The number of nitro groups is 1. The van der Waals surface area contributed by atoms with Gasteiger partial charge in [0, 0.05) is 17.5 Å². The van der Waals surface area contributed by atoms with E-state index in [2.05, 4.69) is 20.5 Å². The predicted octanol–water partition coefficient (Wildman–Crippen LogP) is 3.39. The highest BCUT2D eigenvalue weighted by atomic mass is 35.5. The molecule has 0 aliphatic carbocycles. The first-order valence-electron chi connectivity index (χ1n) is 7.14. The molecule has 2 aromatic heterocycles. The van der Waals surface area contributed by atoms with Crippen LogP contribution in [0.4, 0.5) is 11.5 Å². The van der Waals surface area contributed by atoms with Gasteiger partial charge in [-0.25, -0.2) is 0 Å². The quantitative estimate of drug-likeness (QED) is 0.489. The van der Waals surface area contributed by atoms with Gasteiger partial charge in [-0.2, -0.15) is 0 Å². The molecule has 1 aromatic carbocycles. The highest BCUT2D eigenvalue weighted by Crippen LogP contribution is 2.35. The summed E-state index contributed by atoms with van der Waals surface area (Å²) in [6.45, 7) is 1.50. The summed E-state index contributed by atoms with van der Waals surface area (Å²) >= 11 is 9.03. The zero-order valence-corrected chi connectivity index (χ0v) is 15.6. The monoisotopic (exact) mass is 410 g/mol. The summed E-state index contributed by atoms with van der Waals surface area (Å²) in [6, 6.07) is 5.12. The smallest absolute Gasteiger partial charge is 0.358 e. The third-order valence-electron chi connectivity index (χ3n) is 3.22. The van der Waals surface area contributed by atoms with E-state index in [1.54, 1.807) is 30.6 Å². The number of hydrogen-bond acceptors (Lipinski definition) is 8. The Morgan fingerprint density at radius 2 is 2.31 bits per heavy atom. The normalized spacial score (nSPS) is 10.7. The molecule has 1 N–H and O–H groups in total. The first kappa shape index (κ1) is 18.3. The lowest BCUT2D eigenvalue weighted by molar-refractivity contribution is -0.389. The van der Waals surface area contributed by atoms with Gasteiger partial charge in [0.2, 0.25) is 11.7 Å². The Hall–Kier alpha value is -2.50. The second kappa shape index (κ2) is 7.81. The van der Waals surface area contributed by atoms with E-state index in [-0.39, 0.29) is 18.3 Å². The molecule has 0 aliphatic rings. The number of nitrogens with one attached hydrogen (secondary N) is 1. The topological polar surface area (TPSA) is 116 Å². The molecule has 26 heavy (non-hydrogen) atoms. The van der Waals surface area contributed by atoms with Crippen LogP contribution in [0.15, 0.2) is 39.1 Å². The van der Waals surface area contributed by atoms with Crippen LogP contribution in [0.3, 0.4) is 0 Å². The van der Waals surface area contributed by atoms with Crippen LogP contribution < -0.4 is 5.32 Å². The Morgan fingerprint density at radius 1 is 1.50 bits per heavy atom. The van der Waals surface area contributed by atoms with Gasteiger partial charge in [0.15, 0.2) is 4.34 Å². The zero-order valence-electron chi connectivity index (χ0n) is 13.2. The molecule has 3 rings (SSSR count). The molecular weight excluding hydrogens is 400 g/mol. The van der Waals surface area contributed by atoms with Gasteiger partial charge in [0.05, 0.1) is 5.02 Å². The number of hydrogen-bond donors (Lipinski definition) is 1. The summed E-state index contributed by atoms with van der Waals surface area (Å²) in [6.07, 6.45) is 1.23. The largest absolute Gasteiger partial charge is 0.381 e. The van der Waals surface area contributed by atoms with Gasteiger partial charge < -0.3 is 15.4 Å². The van der Waals surface area contributed by atoms with Crippen molar-refractivity contribution in [1.29, 1.82) is 0 Å². The number of rotatable bonds is 6. The van der Waals surface area contributed by atoms with Crippen LogP contribution in [-0.4, -0.2) is 30.6 Å². The second-order valence-corrected chi connectivity index (χ2v) is 7.56. The lowest BCUT2D eigenvalue weighted by Crippen LogP contribution is -2.19. The Morgan fingerprint density at radius 3 is 2.92 bits per heavy atom. The van der Waals surface area contributed by atoms with Gasteiger partial charge in [-0.3, -0.25) is 9.36 Å². The van der Waals surface area contributed by atoms with E-state index in [9.17, 15) is 14.9 Å². The average Bonchev–Trinajstić information content (AvgIpc) is 3.20. The fraction of sp³-hybridized carbons (Fsp3) is 0.143. The maximum Gasteiger partial charge on any atom is 0.381 e. The molecule has 0 unspecified atom stereocenters. The van der Waals surface area contributed by atoms with Crippen LogP contribution in [0.25, 0.3) is 0 Å². The van der Waals surface area contributed by atoms with Crippen LogP contribution in [0.2, 0.25) is 5.02 Å². The Labute approximate surface area is 160 Å². The minimum absolute atomic E-state index is 0.0917. The summed E-state index contributed by atoms with van der Waals surface area (Å²) in [4.78, 5) is 26.9. The van der Waals surface area contributed by atoms with Gasteiger partial charge in [-0.15, -0.1) is 10.2 Å². The van der Waals surface area contributed by atoms with Gasteiger partial charge in [-0.1, -0.05) is 34.7 Å². The fourth-order valence-corrected chi connectivity index (χ4v) is 3.79. The van der Waals surface area contributed by atoms with Crippen molar-refractivity contribution >= 4 is 52.1 Å². The summed E-state index contributed by atoms with van der Waals surface area (Å²) in [5.74, 6) is -0.258. The first-order valence-corrected chi connectivity index (χ1v) is 9.21. The van der Waals surface area contributed by atoms with Gasteiger partial charge >= 0.3 is 5.82 Å². The van der Waals surface area contributed by atoms with Crippen molar-refractivity contribution in [3.05, 3.63) is 50.9 Å². The van der Waals surface area contributed by atoms with Crippen molar-refractivity contribution in [2.45, 2.75) is 22.7 Å². The van der Waals surface area contributed by atoms with Crippen LogP contribution in [-0.2, 0) is 11.3 Å². The zero-order chi connectivity index (χ0) is 18.7. The molecule has 0 bridgehead atoms. The Balaban J connectivity index is 1.66. The molecular formula is C14H11ClN6O3S2. The molecule has 0 aliphatic heterocycles. The van der Waals surface area contributed by atoms with Crippen LogP contribution in [0, 0.1) is 17.0 Å². The predicted molar refractivity (Wildman–Crippen MR) is 97.7 cm³/mol. The molecule has 0 fully saturated rings. The number of halogens is 1. The third-order valence-corrected chi connectivity index (χ3v) is 5.50. The number of aromatic nitrogens is 4. The third kappa shape index (κ3) is 4.36. The van der Waals surface area contributed by atoms with Crippen LogP contribution >= 0.6 is 34.7 Å². The summed E-state index contributed by atoms with van der Waals surface area (Å²) < 4.78 is 2.18. The molecule has 12 heteroatoms. The first-order chi connectivity index (χ1) is 12.4. The van der Waals surface area contributed by atoms with Gasteiger partial charge in [0.25, 0.3) is 0 Å². The minimum Gasteiger partial charge on any atom is -0.358 e. The molecule has 0 atom stereocenters. The van der Waals surface area contributed by atoms with E-state index in [1.807, 2.05) is 0 Å². The molecule has 1 amide bonds. The van der Waals surface area contributed by atoms with E-state index in [0.29, 0.717) is 16.5 Å². The minimum atomic E-state index is -0.602. The van der Waals surface area contributed by atoms with Crippen molar-refractivity contribution in [1.82, 2.24) is 19.7 Å². The van der Waals surface area contributed by atoms with E-state index >= 15 is 0 Å². The Kier molecular flexibility index (Phi) is 5.49. The van der Waals surface area contributed by atoms with Gasteiger partial charge in [-0.05, 0) is 28.1 Å². The van der Waals surface area contributed by atoms with E-state index in [4.69, 9.17) is 11.6 Å². The SMILES string of the molecule is Cc1nc([N+](=O)[O-])cn1CC(=O)Nc1ccc(Sc2nncs2)c(Cl)c1. The van der Waals surface area contributed by atoms with Gasteiger partial charge in [0.1, 0.15) is 18.3 Å². The number of anilines is 1. The number of carbonyl (C=O) groups is 1. The maximum atomic E-state index is 12.2. The van der Waals surface area contributed by atoms with Crippen molar-refractivity contribution in [3.63, 3.8) is 0 Å². The lowest BCUT2D eigenvalue weighted by Gasteiger charge is -2.08. The molecule has 0 spiro atoms. The summed E-state index contributed by atoms with van der Waals surface area (Å²) in [5.41, 5.74) is 2.15. The number of aryl methyl sites for hydroxylation is 1. The van der Waals surface area contributed by atoms with Crippen molar-refractivity contribution in [3.8, 4) is 0 Å². The molecule has 9 nitrogen and oxygen atoms in total. The summed E-state index contributed by atoms with van der Waals surface area (Å²) in [7, 11) is 0. The number of amides is 1. The van der Waals surface area contributed by atoms with Crippen LogP contribution in [0.5, 0.6) is 0 Å². The molecule has 0 saturated carbocycles. The lowest BCUT2D eigenvalue weighted by atomic mass is 10.3. The van der Waals surface area contributed by atoms with E-state index in [0.717, 1.165) is 9.24 Å². The fourth-order valence-electron chi connectivity index (χ4n) is 2.06. The maximum absolute atomic E-state index is 12.2. The van der Waals surface area contributed by atoms with Crippen molar-refractivity contribution in [2.75, 3.05) is 5.32 Å². The number of imidazole rings is 1. The van der Waals surface area contributed by atoms with E-state index in [1.165, 1.54) is 33.9 Å². The molecule has 0 radical (unpaired) electrons. The number of benzene rings is 1. The Bertz CT molecular complexity index is 960. The highest BCUT2D eigenvalue weighted by Gasteiger charge is 2.17. The highest BCUT2D eigenvalue weighted by molar-refractivity contribution is 8.01. The van der Waals surface area contributed by atoms with Crippen molar-refractivity contribution in [2.24, 2.45) is 0 Å².